The molecule has 0 spiro atoms. The number of hydrogen-bond donors (Lipinski definition) is 0. The quantitative estimate of drug-likeness (QED) is 0.395. The van der Waals surface area contributed by atoms with Crippen LogP contribution in [-0.2, 0) is 11.2 Å². The summed E-state index contributed by atoms with van der Waals surface area (Å²) in [5.74, 6) is 1.18. The highest BCUT2D eigenvalue weighted by atomic mass is 32.2. The third kappa shape index (κ3) is 4.06. The van der Waals surface area contributed by atoms with E-state index in [-0.39, 0.29) is 5.91 Å². The Morgan fingerprint density at radius 2 is 1.69 bits per heavy atom. The number of nitrogens with zero attached hydrogens (tertiary/aromatic N) is 4. The minimum Gasteiger partial charge on any atom is -0.311 e. The zero-order chi connectivity index (χ0) is 21.9. The molecule has 1 aromatic heterocycles. The van der Waals surface area contributed by atoms with E-state index in [0.29, 0.717) is 10.9 Å². The van der Waals surface area contributed by atoms with Gasteiger partial charge in [-0.05, 0) is 43.5 Å². The van der Waals surface area contributed by atoms with Gasteiger partial charge in [-0.25, -0.2) is 0 Å². The van der Waals surface area contributed by atoms with Crippen LogP contribution in [0, 0.1) is 6.92 Å². The standard InChI is InChI=1S/C26H24N4OS/c1-19-13-15-22(16-14-19)30-25(21-9-3-2-4-10-21)27-28-26(30)32-18-24(31)29-17-7-11-20-8-5-6-12-23(20)29/h2-6,8-10,12-16H,7,11,17-18H2,1H3. The van der Waals surface area contributed by atoms with Crippen LogP contribution in [-0.4, -0.2) is 33.0 Å². The van der Waals surface area contributed by atoms with Crippen molar-refractivity contribution in [1.82, 2.24) is 14.8 Å². The Bertz CT molecular complexity index is 1230. The second-order valence-electron chi connectivity index (χ2n) is 7.91. The Morgan fingerprint density at radius 3 is 2.50 bits per heavy atom. The van der Waals surface area contributed by atoms with E-state index in [1.54, 1.807) is 0 Å². The first-order valence-corrected chi connectivity index (χ1v) is 11.8. The molecule has 1 aliphatic rings. The minimum absolute atomic E-state index is 0.0990. The van der Waals surface area contributed by atoms with E-state index >= 15 is 0 Å². The third-order valence-corrected chi connectivity index (χ3v) is 6.61. The summed E-state index contributed by atoms with van der Waals surface area (Å²) in [5.41, 5.74) is 5.44. The fraction of sp³-hybridized carbons (Fsp3) is 0.192. The fourth-order valence-electron chi connectivity index (χ4n) is 4.06. The van der Waals surface area contributed by atoms with E-state index in [1.807, 2.05) is 58.0 Å². The molecule has 0 N–H and O–H groups in total. The van der Waals surface area contributed by atoms with Gasteiger partial charge < -0.3 is 4.90 Å². The Morgan fingerprint density at radius 1 is 0.938 bits per heavy atom. The Labute approximate surface area is 192 Å². The number of para-hydroxylation sites is 1. The minimum atomic E-state index is 0.0990. The van der Waals surface area contributed by atoms with Gasteiger partial charge >= 0.3 is 0 Å². The fourth-order valence-corrected chi connectivity index (χ4v) is 4.89. The highest BCUT2D eigenvalue weighted by molar-refractivity contribution is 7.99. The third-order valence-electron chi connectivity index (χ3n) is 5.69. The summed E-state index contributed by atoms with van der Waals surface area (Å²) in [4.78, 5) is 15.1. The first kappa shape index (κ1) is 20.5. The molecule has 5 nitrogen and oxygen atoms in total. The van der Waals surface area contributed by atoms with Crippen molar-refractivity contribution >= 4 is 23.4 Å². The Kier molecular flexibility index (Phi) is 5.77. The number of carbonyl (C=O) groups is 1. The van der Waals surface area contributed by atoms with Crippen LogP contribution in [0.1, 0.15) is 17.5 Å². The molecule has 1 aliphatic heterocycles. The summed E-state index contributed by atoms with van der Waals surface area (Å²) >= 11 is 1.44. The summed E-state index contributed by atoms with van der Waals surface area (Å²) in [7, 11) is 0. The van der Waals surface area contributed by atoms with Gasteiger partial charge in [-0.2, -0.15) is 0 Å². The normalized spacial score (nSPS) is 13.1. The zero-order valence-corrected chi connectivity index (χ0v) is 18.8. The van der Waals surface area contributed by atoms with Crippen LogP contribution in [0.5, 0.6) is 0 Å². The van der Waals surface area contributed by atoms with Gasteiger partial charge in [0.05, 0.1) is 5.75 Å². The van der Waals surface area contributed by atoms with Crippen molar-refractivity contribution in [2.75, 3.05) is 17.2 Å². The van der Waals surface area contributed by atoms with Crippen molar-refractivity contribution in [2.45, 2.75) is 24.9 Å². The van der Waals surface area contributed by atoms with Gasteiger partial charge in [0, 0.05) is 23.5 Å². The number of aromatic nitrogens is 3. The number of carbonyl (C=O) groups excluding carboxylic acids is 1. The van der Waals surface area contributed by atoms with Crippen LogP contribution in [0.4, 0.5) is 5.69 Å². The lowest BCUT2D eigenvalue weighted by Gasteiger charge is -2.29. The van der Waals surface area contributed by atoms with Crippen LogP contribution in [0.25, 0.3) is 17.1 Å². The first-order chi connectivity index (χ1) is 15.7. The first-order valence-electron chi connectivity index (χ1n) is 10.8. The molecule has 6 heteroatoms. The molecule has 0 unspecified atom stereocenters. The second-order valence-corrected chi connectivity index (χ2v) is 8.85. The summed E-state index contributed by atoms with van der Waals surface area (Å²) in [6, 6.07) is 26.5. The molecule has 0 fully saturated rings. The average molecular weight is 441 g/mol. The smallest absolute Gasteiger partial charge is 0.237 e. The van der Waals surface area contributed by atoms with E-state index in [9.17, 15) is 4.79 Å². The van der Waals surface area contributed by atoms with Crippen LogP contribution >= 0.6 is 11.8 Å². The van der Waals surface area contributed by atoms with E-state index < -0.39 is 0 Å². The lowest BCUT2D eigenvalue weighted by molar-refractivity contribution is -0.116. The molecule has 0 saturated carbocycles. The lowest BCUT2D eigenvalue weighted by atomic mass is 10.0. The van der Waals surface area contributed by atoms with Crippen molar-refractivity contribution in [3.05, 3.63) is 90.0 Å². The topological polar surface area (TPSA) is 51.0 Å². The maximum Gasteiger partial charge on any atom is 0.237 e. The molecule has 0 bridgehead atoms. The highest BCUT2D eigenvalue weighted by Crippen LogP contribution is 2.30. The molecule has 1 amide bonds. The van der Waals surface area contributed by atoms with Gasteiger partial charge in [0.25, 0.3) is 0 Å². The molecular formula is C26H24N4OS. The predicted octanol–water partition coefficient (Wildman–Crippen LogP) is 5.31. The number of thioether (sulfide) groups is 1. The molecule has 0 radical (unpaired) electrons. The van der Waals surface area contributed by atoms with Gasteiger partial charge in [-0.1, -0.05) is 78.0 Å². The Balaban J connectivity index is 1.44. The molecule has 5 rings (SSSR count). The molecule has 32 heavy (non-hydrogen) atoms. The summed E-state index contributed by atoms with van der Waals surface area (Å²) in [6.07, 6.45) is 2.01. The zero-order valence-electron chi connectivity index (χ0n) is 17.9. The molecule has 0 saturated heterocycles. The molecule has 0 aliphatic carbocycles. The summed E-state index contributed by atoms with van der Waals surface area (Å²) in [5, 5.41) is 9.65. The maximum atomic E-state index is 13.2. The van der Waals surface area contributed by atoms with Crippen LogP contribution in [0.3, 0.4) is 0 Å². The Hall–Kier alpha value is -3.38. The van der Waals surface area contributed by atoms with Gasteiger partial charge in [0.1, 0.15) is 0 Å². The van der Waals surface area contributed by atoms with Crippen molar-refractivity contribution < 1.29 is 4.79 Å². The largest absolute Gasteiger partial charge is 0.311 e. The number of aryl methyl sites for hydroxylation is 2. The van der Waals surface area contributed by atoms with Crippen molar-refractivity contribution in [3.63, 3.8) is 0 Å². The summed E-state index contributed by atoms with van der Waals surface area (Å²) in [6.45, 7) is 2.83. The van der Waals surface area contributed by atoms with E-state index in [1.165, 1.54) is 22.9 Å². The van der Waals surface area contributed by atoms with E-state index in [2.05, 4.69) is 47.5 Å². The van der Waals surface area contributed by atoms with Crippen LogP contribution < -0.4 is 4.90 Å². The number of amides is 1. The second kappa shape index (κ2) is 9.01. The van der Waals surface area contributed by atoms with Crippen LogP contribution in [0.2, 0.25) is 0 Å². The predicted molar refractivity (Wildman–Crippen MR) is 129 cm³/mol. The van der Waals surface area contributed by atoms with Crippen molar-refractivity contribution in [3.8, 4) is 17.1 Å². The molecule has 4 aromatic rings. The molecule has 3 aromatic carbocycles. The average Bonchev–Trinajstić information content (AvgIpc) is 3.27. The maximum absolute atomic E-state index is 13.2. The number of benzene rings is 3. The van der Waals surface area contributed by atoms with Gasteiger partial charge in [0.2, 0.25) is 5.91 Å². The number of hydrogen-bond acceptors (Lipinski definition) is 4. The van der Waals surface area contributed by atoms with Gasteiger partial charge in [-0.3, -0.25) is 9.36 Å². The number of fused-ring (bicyclic) bond motifs is 1. The SMILES string of the molecule is Cc1ccc(-n2c(SCC(=O)N3CCCc4ccccc43)nnc2-c2ccccc2)cc1. The molecular weight excluding hydrogens is 416 g/mol. The highest BCUT2D eigenvalue weighted by Gasteiger charge is 2.23. The summed E-state index contributed by atoms with van der Waals surface area (Å²) < 4.78 is 2.04. The molecule has 160 valence electrons. The monoisotopic (exact) mass is 440 g/mol. The van der Waals surface area contributed by atoms with Crippen LogP contribution in [0.15, 0.2) is 84.0 Å². The lowest BCUT2D eigenvalue weighted by Crippen LogP contribution is -2.36. The number of anilines is 1. The molecule has 0 atom stereocenters. The van der Waals surface area contributed by atoms with Gasteiger partial charge in [0.15, 0.2) is 11.0 Å². The van der Waals surface area contributed by atoms with Crippen molar-refractivity contribution in [1.29, 1.82) is 0 Å². The number of rotatable bonds is 5. The molecule has 2 heterocycles. The van der Waals surface area contributed by atoms with Crippen molar-refractivity contribution in [2.24, 2.45) is 0 Å². The van der Waals surface area contributed by atoms with E-state index in [4.69, 9.17) is 0 Å². The van der Waals surface area contributed by atoms with E-state index in [0.717, 1.165) is 42.1 Å². The van der Waals surface area contributed by atoms with Gasteiger partial charge in [-0.15, -0.1) is 10.2 Å².